The number of benzene rings is 1. The SMILES string of the molecule is COC(=O)C1COCCN1c1nn(-c2ccc(Cl)cc2)c2cnccc12. The molecule has 0 amide bonds. The minimum absolute atomic E-state index is 0.271. The summed E-state index contributed by atoms with van der Waals surface area (Å²) in [6.45, 7) is 1.34. The standard InChI is InChI=1S/C18H17ClN4O3/c1-25-18(24)16-11-26-9-8-22(16)17-14-6-7-20-10-15(14)23(21-17)13-4-2-12(19)3-5-13/h2-7,10,16H,8-9,11H2,1H3. The highest BCUT2D eigenvalue weighted by atomic mass is 35.5. The molecule has 3 aromatic rings. The van der Waals surface area contributed by atoms with Crippen molar-refractivity contribution in [3.05, 3.63) is 47.7 Å². The van der Waals surface area contributed by atoms with Gasteiger partial charge in [-0.15, -0.1) is 5.10 Å². The van der Waals surface area contributed by atoms with E-state index in [0.29, 0.717) is 24.0 Å². The maximum Gasteiger partial charge on any atom is 0.330 e. The maximum atomic E-state index is 12.2. The molecule has 2 aromatic heterocycles. The van der Waals surface area contributed by atoms with Crippen molar-refractivity contribution in [1.29, 1.82) is 0 Å². The minimum Gasteiger partial charge on any atom is -0.467 e. The molecule has 1 fully saturated rings. The Morgan fingerprint density at radius 2 is 2.12 bits per heavy atom. The Kier molecular flexibility index (Phi) is 4.48. The van der Waals surface area contributed by atoms with E-state index >= 15 is 0 Å². The van der Waals surface area contributed by atoms with Crippen LogP contribution < -0.4 is 4.90 Å². The molecule has 0 spiro atoms. The molecule has 0 radical (unpaired) electrons. The molecule has 1 saturated heterocycles. The molecule has 8 heteroatoms. The van der Waals surface area contributed by atoms with Gasteiger partial charge < -0.3 is 14.4 Å². The van der Waals surface area contributed by atoms with E-state index in [1.807, 2.05) is 35.2 Å². The predicted molar refractivity (Wildman–Crippen MR) is 97.8 cm³/mol. The number of nitrogens with zero attached hydrogens (tertiary/aromatic N) is 4. The topological polar surface area (TPSA) is 69.5 Å². The van der Waals surface area contributed by atoms with Crippen molar-refractivity contribution in [2.24, 2.45) is 0 Å². The Hall–Kier alpha value is -2.64. The van der Waals surface area contributed by atoms with Gasteiger partial charge in [0.15, 0.2) is 11.9 Å². The van der Waals surface area contributed by atoms with Crippen molar-refractivity contribution in [1.82, 2.24) is 14.8 Å². The molecule has 134 valence electrons. The smallest absolute Gasteiger partial charge is 0.330 e. The molecule has 0 saturated carbocycles. The van der Waals surface area contributed by atoms with Gasteiger partial charge in [0.05, 0.1) is 37.7 Å². The van der Waals surface area contributed by atoms with Crippen LogP contribution in [0.5, 0.6) is 0 Å². The van der Waals surface area contributed by atoms with Gasteiger partial charge in [0, 0.05) is 23.2 Å². The molecular weight excluding hydrogens is 356 g/mol. The number of pyridine rings is 1. The van der Waals surface area contributed by atoms with E-state index in [4.69, 9.17) is 26.2 Å². The van der Waals surface area contributed by atoms with Crippen molar-refractivity contribution >= 4 is 34.3 Å². The average Bonchev–Trinajstić information content (AvgIpc) is 3.07. The number of morpholine rings is 1. The third-order valence-electron chi connectivity index (χ3n) is 4.41. The average molecular weight is 373 g/mol. The molecule has 4 rings (SSSR count). The molecule has 1 aromatic carbocycles. The number of esters is 1. The number of carbonyl (C=O) groups is 1. The number of ether oxygens (including phenoxy) is 2. The van der Waals surface area contributed by atoms with Gasteiger partial charge in [0.1, 0.15) is 0 Å². The number of halogens is 1. The lowest BCUT2D eigenvalue weighted by atomic mass is 10.2. The highest BCUT2D eigenvalue weighted by Gasteiger charge is 2.33. The number of fused-ring (bicyclic) bond motifs is 1. The fraction of sp³-hybridized carbons (Fsp3) is 0.278. The Morgan fingerprint density at radius 3 is 2.88 bits per heavy atom. The first-order valence-corrected chi connectivity index (χ1v) is 8.58. The summed E-state index contributed by atoms with van der Waals surface area (Å²) in [6.07, 6.45) is 3.47. The summed E-state index contributed by atoms with van der Waals surface area (Å²) in [7, 11) is 1.38. The zero-order valence-electron chi connectivity index (χ0n) is 14.1. The van der Waals surface area contributed by atoms with E-state index in [-0.39, 0.29) is 12.6 Å². The number of methoxy groups -OCH3 is 1. The normalized spacial score (nSPS) is 17.5. The maximum absolute atomic E-state index is 12.2. The summed E-state index contributed by atoms with van der Waals surface area (Å²) in [5.41, 5.74) is 1.71. The van der Waals surface area contributed by atoms with Crippen molar-refractivity contribution < 1.29 is 14.3 Å². The number of carbonyl (C=O) groups excluding carboxylic acids is 1. The molecule has 0 bridgehead atoms. The zero-order valence-corrected chi connectivity index (χ0v) is 14.9. The largest absolute Gasteiger partial charge is 0.467 e. The lowest BCUT2D eigenvalue weighted by Gasteiger charge is -2.33. The highest BCUT2D eigenvalue weighted by Crippen LogP contribution is 2.30. The second kappa shape index (κ2) is 6.93. The van der Waals surface area contributed by atoms with Gasteiger partial charge >= 0.3 is 5.97 Å². The van der Waals surface area contributed by atoms with E-state index in [1.54, 1.807) is 17.1 Å². The van der Waals surface area contributed by atoms with Crippen LogP contribution in [0.15, 0.2) is 42.7 Å². The van der Waals surface area contributed by atoms with Crippen LogP contribution in [0.4, 0.5) is 5.82 Å². The van der Waals surface area contributed by atoms with Crippen molar-refractivity contribution in [3.8, 4) is 5.69 Å². The number of hydrogen-bond acceptors (Lipinski definition) is 6. The van der Waals surface area contributed by atoms with Crippen molar-refractivity contribution in [2.75, 3.05) is 31.8 Å². The first kappa shape index (κ1) is 16.8. The molecule has 1 unspecified atom stereocenters. The van der Waals surface area contributed by atoms with Gasteiger partial charge in [-0.2, -0.15) is 0 Å². The zero-order chi connectivity index (χ0) is 18.1. The highest BCUT2D eigenvalue weighted by molar-refractivity contribution is 6.30. The number of anilines is 1. The van der Waals surface area contributed by atoms with E-state index in [1.165, 1.54) is 7.11 Å². The van der Waals surface area contributed by atoms with Crippen molar-refractivity contribution in [3.63, 3.8) is 0 Å². The monoisotopic (exact) mass is 372 g/mol. The fourth-order valence-electron chi connectivity index (χ4n) is 3.13. The molecule has 7 nitrogen and oxygen atoms in total. The summed E-state index contributed by atoms with van der Waals surface area (Å²) in [4.78, 5) is 18.4. The summed E-state index contributed by atoms with van der Waals surface area (Å²) >= 11 is 6.00. The predicted octanol–water partition coefficient (Wildman–Crippen LogP) is 2.45. The van der Waals surface area contributed by atoms with Gasteiger partial charge in [0.25, 0.3) is 0 Å². The van der Waals surface area contributed by atoms with Crippen LogP contribution in [0, 0.1) is 0 Å². The quantitative estimate of drug-likeness (QED) is 0.658. The first-order valence-electron chi connectivity index (χ1n) is 8.20. The van der Waals surface area contributed by atoms with Gasteiger partial charge in [-0.3, -0.25) is 4.98 Å². The van der Waals surface area contributed by atoms with Crippen LogP contribution in [0.25, 0.3) is 16.6 Å². The van der Waals surface area contributed by atoms with Gasteiger partial charge in [0.2, 0.25) is 0 Å². The van der Waals surface area contributed by atoms with E-state index in [9.17, 15) is 4.79 Å². The number of hydrogen-bond donors (Lipinski definition) is 0. The second-order valence-corrected chi connectivity index (χ2v) is 6.35. The molecular formula is C18H17ClN4O3. The molecule has 1 aliphatic heterocycles. The first-order chi connectivity index (χ1) is 12.7. The second-order valence-electron chi connectivity index (χ2n) is 5.91. The molecule has 1 aliphatic rings. The van der Waals surface area contributed by atoms with Gasteiger partial charge in [-0.1, -0.05) is 11.6 Å². The number of rotatable bonds is 3. The van der Waals surface area contributed by atoms with Crippen LogP contribution in [0.1, 0.15) is 0 Å². The molecule has 26 heavy (non-hydrogen) atoms. The van der Waals surface area contributed by atoms with Crippen LogP contribution in [0.2, 0.25) is 5.02 Å². The van der Waals surface area contributed by atoms with Crippen LogP contribution in [-0.4, -0.2) is 53.6 Å². The third-order valence-corrected chi connectivity index (χ3v) is 4.66. The number of aromatic nitrogens is 3. The lowest BCUT2D eigenvalue weighted by molar-refractivity contribution is -0.144. The summed E-state index contributed by atoms with van der Waals surface area (Å²) in [5, 5.41) is 6.34. The summed E-state index contributed by atoms with van der Waals surface area (Å²) in [6, 6.07) is 8.77. The van der Waals surface area contributed by atoms with Gasteiger partial charge in [-0.25, -0.2) is 9.48 Å². The molecule has 0 aliphatic carbocycles. The fourth-order valence-corrected chi connectivity index (χ4v) is 3.25. The van der Waals surface area contributed by atoms with E-state index < -0.39 is 6.04 Å². The summed E-state index contributed by atoms with van der Waals surface area (Å²) in [5.74, 6) is 0.365. The Morgan fingerprint density at radius 1 is 1.31 bits per heavy atom. The Bertz CT molecular complexity index is 941. The van der Waals surface area contributed by atoms with E-state index in [0.717, 1.165) is 16.6 Å². The Balaban J connectivity index is 1.85. The van der Waals surface area contributed by atoms with E-state index in [2.05, 4.69) is 4.98 Å². The molecule has 1 atom stereocenters. The summed E-state index contributed by atoms with van der Waals surface area (Å²) < 4.78 is 12.2. The lowest BCUT2D eigenvalue weighted by Crippen LogP contribution is -2.50. The van der Waals surface area contributed by atoms with Crippen LogP contribution >= 0.6 is 11.6 Å². The Labute approximate surface area is 155 Å². The molecule has 3 heterocycles. The third kappa shape index (κ3) is 2.89. The van der Waals surface area contributed by atoms with Gasteiger partial charge in [-0.05, 0) is 30.3 Å². The minimum atomic E-state index is -0.529. The van der Waals surface area contributed by atoms with Crippen LogP contribution in [-0.2, 0) is 14.3 Å². The van der Waals surface area contributed by atoms with Crippen molar-refractivity contribution in [2.45, 2.75) is 6.04 Å². The molecule has 0 N–H and O–H groups in total. The van der Waals surface area contributed by atoms with Crippen LogP contribution in [0.3, 0.4) is 0 Å².